The van der Waals surface area contributed by atoms with E-state index in [2.05, 4.69) is 9.97 Å². The van der Waals surface area contributed by atoms with Gasteiger partial charge in [-0.3, -0.25) is 4.79 Å². The second-order valence-electron chi connectivity index (χ2n) is 2.97. The van der Waals surface area contributed by atoms with E-state index in [9.17, 15) is 4.79 Å². The van der Waals surface area contributed by atoms with Crippen molar-refractivity contribution in [3.8, 4) is 0 Å². The minimum atomic E-state index is 0.0995. The number of rotatable bonds is 2. The first-order valence-corrected chi connectivity index (χ1v) is 3.89. The van der Waals surface area contributed by atoms with Crippen molar-refractivity contribution >= 4 is 11.6 Å². The molecule has 0 saturated heterocycles. The number of nitrogens with zero attached hydrogens (tertiary/aromatic N) is 2. The first-order chi connectivity index (χ1) is 5.77. The summed E-state index contributed by atoms with van der Waals surface area (Å²) in [6.07, 6.45) is 4.83. The van der Waals surface area contributed by atoms with E-state index in [1.807, 2.05) is 0 Å². The number of carbonyl (C=O) groups excluding carboxylic acids is 1. The van der Waals surface area contributed by atoms with Gasteiger partial charge < -0.3 is 5.73 Å². The molecule has 1 aromatic heterocycles. The van der Waals surface area contributed by atoms with Crippen molar-refractivity contribution in [3.63, 3.8) is 0 Å². The maximum absolute atomic E-state index is 11.4. The van der Waals surface area contributed by atoms with Gasteiger partial charge in [0.05, 0.1) is 12.4 Å². The molecular weight excluding hydrogens is 154 g/mol. The molecular formula is C8H9N3O. The third-order valence-electron chi connectivity index (χ3n) is 1.87. The Labute approximate surface area is 69.8 Å². The summed E-state index contributed by atoms with van der Waals surface area (Å²) < 4.78 is 0. The maximum Gasteiger partial charge on any atom is 0.185 e. The van der Waals surface area contributed by atoms with Crippen LogP contribution >= 0.6 is 0 Å². The number of hydrogen-bond donors (Lipinski definition) is 1. The minimum absolute atomic E-state index is 0.0995. The highest BCUT2D eigenvalue weighted by Gasteiger charge is 2.31. The van der Waals surface area contributed by atoms with E-state index >= 15 is 0 Å². The summed E-state index contributed by atoms with van der Waals surface area (Å²) in [5, 5.41) is 0. The van der Waals surface area contributed by atoms with E-state index in [1.165, 1.54) is 12.4 Å². The van der Waals surface area contributed by atoms with Gasteiger partial charge in [0.2, 0.25) is 0 Å². The molecule has 12 heavy (non-hydrogen) atoms. The molecule has 0 atom stereocenters. The van der Waals surface area contributed by atoms with Crippen molar-refractivity contribution in [2.75, 3.05) is 5.73 Å². The van der Waals surface area contributed by atoms with Crippen LogP contribution in [0.1, 0.15) is 23.3 Å². The Balaban J connectivity index is 2.22. The van der Waals surface area contributed by atoms with Gasteiger partial charge in [0.25, 0.3) is 0 Å². The third-order valence-corrected chi connectivity index (χ3v) is 1.87. The van der Waals surface area contributed by atoms with Gasteiger partial charge in [0.1, 0.15) is 11.5 Å². The highest BCUT2D eigenvalue weighted by atomic mass is 16.1. The molecule has 1 aliphatic rings. The van der Waals surface area contributed by atoms with E-state index in [4.69, 9.17) is 5.73 Å². The van der Waals surface area contributed by atoms with Crippen LogP contribution in [0.4, 0.5) is 5.82 Å². The number of nitrogen functional groups attached to an aromatic ring is 1. The first-order valence-electron chi connectivity index (χ1n) is 3.89. The van der Waals surface area contributed by atoms with Crippen LogP contribution in [0.5, 0.6) is 0 Å². The van der Waals surface area contributed by atoms with Gasteiger partial charge in [-0.2, -0.15) is 0 Å². The van der Waals surface area contributed by atoms with Crippen molar-refractivity contribution in [1.82, 2.24) is 9.97 Å². The van der Waals surface area contributed by atoms with Gasteiger partial charge in [0.15, 0.2) is 5.78 Å². The second kappa shape index (κ2) is 2.55. The molecule has 0 aromatic carbocycles. The fourth-order valence-corrected chi connectivity index (χ4v) is 1.02. The molecule has 0 bridgehead atoms. The largest absolute Gasteiger partial charge is 0.382 e. The van der Waals surface area contributed by atoms with Crippen LogP contribution in [0.3, 0.4) is 0 Å². The lowest BCUT2D eigenvalue weighted by Crippen LogP contribution is -2.05. The fraction of sp³-hybridized carbons (Fsp3) is 0.375. The van der Waals surface area contributed by atoms with Crippen molar-refractivity contribution in [2.45, 2.75) is 12.8 Å². The van der Waals surface area contributed by atoms with Gasteiger partial charge in [-0.25, -0.2) is 9.97 Å². The number of carbonyl (C=O) groups is 1. The van der Waals surface area contributed by atoms with Gasteiger partial charge >= 0.3 is 0 Å². The number of aromatic nitrogens is 2. The molecule has 0 unspecified atom stereocenters. The zero-order chi connectivity index (χ0) is 8.55. The summed E-state index contributed by atoms with van der Waals surface area (Å²) >= 11 is 0. The summed E-state index contributed by atoms with van der Waals surface area (Å²) in [4.78, 5) is 19.1. The SMILES string of the molecule is Nc1cnc(C(=O)C2CC2)cn1. The smallest absolute Gasteiger partial charge is 0.185 e. The Kier molecular flexibility index (Phi) is 1.53. The number of hydrogen-bond acceptors (Lipinski definition) is 4. The van der Waals surface area contributed by atoms with Crippen LogP contribution in [0.15, 0.2) is 12.4 Å². The topological polar surface area (TPSA) is 68.9 Å². The molecule has 2 N–H and O–H groups in total. The van der Waals surface area contributed by atoms with E-state index < -0.39 is 0 Å². The molecule has 1 saturated carbocycles. The summed E-state index contributed by atoms with van der Waals surface area (Å²) in [5.41, 5.74) is 5.77. The van der Waals surface area contributed by atoms with E-state index in [0.717, 1.165) is 12.8 Å². The number of anilines is 1. The van der Waals surface area contributed by atoms with Crippen LogP contribution in [0.25, 0.3) is 0 Å². The van der Waals surface area contributed by atoms with Crippen LogP contribution in [-0.2, 0) is 0 Å². The van der Waals surface area contributed by atoms with Crippen molar-refractivity contribution in [3.05, 3.63) is 18.1 Å². The summed E-state index contributed by atoms with van der Waals surface area (Å²) in [5.74, 6) is 0.646. The molecule has 0 aliphatic heterocycles. The number of ketones is 1. The normalized spacial score (nSPS) is 16.0. The molecule has 2 rings (SSSR count). The van der Waals surface area contributed by atoms with Gasteiger partial charge in [-0.05, 0) is 12.8 Å². The van der Waals surface area contributed by atoms with Crippen molar-refractivity contribution in [2.24, 2.45) is 5.92 Å². The maximum atomic E-state index is 11.4. The zero-order valence-electron chi connectivity index (χ0n) is 6.53. The average Bonchev–Trinajstić information content (AvgIpc) is 2.87. The molecule has 1 heterocycles. The second-order valence-corrected chi connectivity index (χ2v) is 2.97. The fourth-order valence-electron chi connectivity index (χ4n) is 1.02. The van der Waals surface area contributed by atoms with Gasteiger partial charge in [-0.1, -0.05) is 0 Å². The number of nitrogens with two attached hydrogens (primary N) is 1. The molecule has 0 spiro atoms. The van der Waals surface area contributed by atoms with E-state index in [-0.39, 0.29) is 11.7 Å². The van der Waals surface area contributed by atoms with Crippen molar-refractivity contribution in [1.29, 1.82) is 0 Å². The van der Waals surface area contributed by atoms with Crippen molar-refractivity contribution < 1.29 is 4.79 Å². The van der Waals surface area contributed by atoms with Crippen LogP contribution in [0.2, 0.25) is 0 Å². The lowest BCUT2D eigenvalue weighted by molar-refractivity contribution is 0.0962. The Hall–Kier alpha value is -1.45. The molecule has 4 nitrogen and oxygen atoms in total. The number of Topliss-reactive ketones (excluding diaryl/α,β-unsaturated/α-hetero) is 1. The highest BCUT2D eigenvalue weighted by molar-refractivity contribution is 5.97. The standard InChI is InChI=1S/C8H9N3O/c9-7-4-10-6(3-11-7)8(12)5-1-2-5/h3-5H,1-2H2,(H2,9,11). The first kappa shape index (κ1) is 7.21. The third kappa shape index (κ3) is 1.28. The molecule has 1 fully saturated rings. The van der Waals surface area contributed by atoms with E-state index in [1.54, 1.807) is 0 Å². The average molecular weight is 163 g/mol. The van der Waals surface area contributed by atoms with Crippen LogP contribution < -0.4 is 5.73 Å². The Morgan fingerprint density at radius 3 is 2.67 bits per heavy atom. The molecule has 62 valence electrons. The summed E-state index contributed by atoms with van der Waals surface area (Å²) in [7, 11) is 0. The zero-order valence-corrected chi connectivity index (χ0v) is 6.53. The highest BCUT2D eigenvalue weighted by Crippen LogP contribution is 2.31. The van der Waals surface area contributed by atoms with E-state index in [0.29, 0.717) is 11.5 Å². The minimum Gasteiger partial charge on any atom is -0.382 e. The van der Waals surface area contributed by atoms with Crippen LogP contribution in [0, 0.1) is 5.92 Å². The Morgan fingerprint density at radius 2 is 2.17 bits per heavy atom. The Morgan fingerprint density at radius 1 is 1.42 bits per heavy atom. The summed E-state index contributed by atoms with van der Waals surface area (Å²) in [6, 6.07) is 0. The molecule has 1 aliphatic carbocycles. The lowest BCUT2D eigenvalue weighted by Gasteiger charge is -1.96. The Bertz CT molecular complexity index is 303. The molecule has 4 heteroatoms. The summed E-state index contributed by atoms with van der Waals surface area (Å²) in [6.45, 7) is 0. The molecule has 0 radical (unpaired) electrons. The predicted octanol–water partition coefficient (Wildman–Crippen LogP) is 0.652. The molecule has 1 aromatic rings. The quantitative estimate of drug-likeness (QED) is 0.650. The van der Waals surface area contributed by atoms with Crippen LogP contribution in [-0.4, -0.2) is 15.8 Å². The van der Waals surface area contributed by atoms with Gasteiger partial charge in [0, 0.05) is 5.92 Å². The van der Waals surface area contributed by atoms with Gasteiger partial charge in [-0.15, -0.1) is 0 Å². The monoisotopic (exact) mass is 163 g/mol. The predicted molar refractivity (Wildman–Crippen MR) is 43.5 cm³/mol. The lowest BCUT2D eigenvalue weighted by atomic mass is 10.2. The molecule has 0 amide bonds.